The van der Waals surface area contributed by atoms with E-state index in [9.17, 15) is 13.2 Å². The first-order valence-corrected chi connectivity index (χ1v) is 11.3. The molecule has 1 heterocycles. The number of halogens is 5. The Morgan fingerprint density at radius 1 is 1.00 bits per heavy atom. The lowest BCUT2D eigenvalue weighted by atomic mass is 10.1. The zero-order valence-electron chi connectivity index (χ0n) is 18.0. The highest BCUT2D eigenvalue weighted by molar-refractivity contribution is 7.80. The minimum Gasteiger partial charge on any atom is -0.406 e. The second-order valence-corrected chi connectivity index (χ2v) is 8.32. The van der Waals surface area contributed by atoms with Crippen LogP contribution in [0.2, 0.25) is 10.0 Å². The molecule has 0 aliphatic rings. The van der Waals surface area contributed by atoms with Crippen LogP contribution in [0.1, 0.15) is 5.56 Å². The van der Waals surface area contributed by atoms with E-state index in [1.165, 1.54) is 35.3 Å². The molecular formula is C23H15Cl2F3N6OS. The third-order valence-corrected chi connectivity index (χ3v) is 5.40. The van der Waals surface area contributed by atoms with E-state index < -0.39 is 6.36 Å². The molecule has 0 saturated carbocycles. The van der Waals surface area contributed by atoms with Gasteiger partial charge in [-0.15, -0.1) is 18.3 Å². The Kier molecular flexibility index (Phi) is 7.73. The number of hydrazone groups is 1. The van der Waals surface area contributed by atoms with Gasteiger partial charge in [-0.25, -0.2) is 9.67 Å². The third kappa shape index (κ3) is 6.72. The van der Waals surface area contributed by atoms with Crippen LogP contribution in [-0.4, -0.2) is 32.5 Å². The minimum atomic E-state index is -4.75. The summed E-state index contributed by atoms with van der Waals surface area (Å²) >= 11 is 17.4. The van der Waals surface area contributed by atoms with Crippen molar-refractivity contribution in [2.75, 3.05) is 5.32 Å². The highest BCUT2D eigenvalue weighted by Gasteiger charge is 2.31. The number of hydrogen-bond donors (Lipinski definition) is 2. The quantitative estimate of drug-likeness (QED) is 0.163. The third-order valence-electron chi connectivity index (χ3n) is 4.58. The van der Waals surface area contributed by atoms with Gasteiger partial charge in [0.2, 0.25) is 0 Å². The molecule has 36 heavy (non-hydrogen) atoms. The maximum atomic E-state index is 12.3. The molecule has 13 heteroatoms. The lowest BCUT2D eigenvalue weighted by molar-refractivity contribution is -0.274. The number of alkyl halides is 3. The number of aromatic nitrogens is 3. The zero-order valence-corrected chi connectivity index (χ0v) is 20.3. The van der Waals surface area contributed by atoms with Crippen LogP contribution in [0, 0.1) is 0 Å². The molecule has 0 radical (unpaired) electrons. The summed E-state index contributed by atoms with van der Waals surface area (Å²) < 4.78 is 42.3. The maximum Gasteiger partial charge on any atom is 0.573 e. The fraction of sp³-hybridized carbons (Fsp3) is 0.0435. The standard InChI is InChI=1S/C23H15Cl2F3N6OS/c24-18-2-1-3-19(25)20(18)31-22(36)32-30-12-14-4-6-15(7-5-14)21-29-13-34(33-21)16-8-10-17(11-9-16)35-23(26,27)28/h1-13H,(H2,31,32,36). The number of rotatable bonds is 6. The van der Waals surface area contributed by atoms with Crippen molar-refractivity contribution in [3.63, 3.8) is 0 Å². The second-order valence-electron chi connectivity index (χ2n) is 7.10. The topological polar surface area (TPSA) is 76.4 Å². The van der Waals surface area contributed by atoms with E-state index >= 15 is 0 Å². The van der Waals surface area contributed by atoms with Gasteiger partial charge < -0.3 is 10.1 Å². The molecule has 0 spiro atoms. The first-order chi connectivity index (χ1) is 17.2. The first kappa shape index (κ1) is 25.4. The molecule has 2 N–H and O–H groups in total. The number of nitrogens with zero attached hydrogens (tertiary/aromatic N) is 4. The molecule has 184 valence electrons. The second kappa shape index (κ2) is 10.9. The maximum absolute atomic E-state index is 12.3. The molecule has 0 unspecified atom stereocenters. The average Bonchev–Trinajstić information content (AvgIpc) is 3.32. The van der Waals surface area contributed by atoms with E-state index in [1.54, 1.807) is 36.5 Å². The fourth-order valence-corrected chi connectivity index (χ4v) is 3.61. The molecule has 0 aliphatic carbocycles. The van der Waals surface area contributed by atoms with Crippen molar-refractivity contribution in [1.29, 1.82) is 0 Å². The summed E-state index contributed by atoms with van der Waals surface area (Å²) in [5.74, 6) is 0.122. The monoisotopic (exact) mass is 550 g/mol. The summed E-state index contributed by atoms with van der Waals surface area (Å²) in [6, 6.07) is 17.6. The van der Waals surface area contributed by atoms with Crippen LogP contribution in [-0.2, 0) is 0 Å². The smallest absolute Gasteiger partial charge is 0.406 e. The summed E-state index contributed by atoms with van der Waals surface area (Å²) in [6.07, 6.45) is -1.71. The summed E-state index contributed by atoms with van der Waals surface area (Å²) in [5.41, 5.74) is 5.22. The van der Waals surface area contributed by atoms with Crippen molar-refractivity contribution in [3.8, 4) is 22.8 Å². The number of nitrogens with one attached hydrogen (secondary N) is 2. The molecule has 4 aromatic rings. The van der Waals surface area contributed by atoms with Gasteiger partial charge in [-0.2, -0.15) is 5.10 Å². The predicted molar refractivity (Wildman–Crippen MR) is 137 cm³/mol. The van der Waals surface area contributed by atoms with Gasteiger partial charge in [0, 0.05) is 5.56 Å². The Bertz CT molecular complexity index is 1370. The van der Waals surface area contributed by atoms with Gasteiger partial charge in [-0.05, 0) is 54.2 Å². The number of para-hydroxylation sites is 1. The number of thiocarbonyl (C=S) groups is 1. The van der Waals surface area contributed by atoms with Crippen LogP contribution in [0.5, 0.6) is 5.75 Å². The Hall–Kier alpha value is -3.67. The average molecular weight is 551 g/mol. The molecule has 0 amide bonds. The molecule has 0 aliphatic heterocycles. The van der Waals surface area contributed by atoms with E-state index in [-0.39, 0.29) is 10.9 Å². The van der Waals surface area contributed by atoms with Gasteiger partial charge in [-0.1, -0.05) is 53.5 Å². The molecule has 1 aromatic heterocycles. The van der Waals surface area contributed by atoms with E-state index in [4.69, 9.17) is 35.4 Å². The van der Waals surface area contributed by atoms with Crippen molar-refractivity contribution in [2.24, 2.45) is 5.10 Å². The number of benzene rings is 3. The molecule has 0 fully saturated rings. The molecule has 0 bridgehead atoms. The number of anilines is 1. The summed E-state index contributed by atoms with van der Waals surface area (Å²) in [7, 11) is 0. The lowest BCUT2D eigenvalue weighted by Gasteiger charge is -2.10. The largest absolute Gasteiger partial charge is 0.573 e. The van der Waals surface area contributed by atoms with Gasteiger partial charge in [0.15, 0.2) is 10.9 Å². The van der Waals surface area contributed by atoms with E-state index in [0.717, 1.165) is 11.1 Å². The first-order valence-electron chi connectivity index (χ1n) is 10.1. The molecule has 4 rings (SSSR count). The fourth-order valence-electron chi connectivity index (χ4n) is 2.96. The van der Waals surface area contributed by atoms with Gasteiger partial charge in [0.05, 0.1) is 27.6 Å². The lowest BCUT2D eigenvalue weighted by Crippen LogP contribution is -2.24. The highest BCUT2D eigenvalue weighted by Crippen LogP contribution is 2.29. The summed E-state index contributed by atoms with van der Waals surface area (Å²) in [6.45, 7) is 0. The minimum absolute atomic E-state index is 0.214. The van der Waals surface area contributed by atoms with Crippen LogP contribution in [0.25, 0.3) is 17.1 Å². The molecule has 0 saturated heterocycles. The van der Waals surface area contributed by atoms with Crippen molar-refractivity contribution in [2.45, 2.75) is 6.36 Å². The highest BCUT2D eigenvalue weighted by atomic mass is 35.5. The number of ether oxygens (including phenoxy) is 1. The van der Waals surface area contributed by atoms with Gasteiger partial charge in [0.25, 0.3) is 0 Å². The predicted octanol–water partition coefficient (Wildman–Crippen LogP) is 6.46. The van der Waals surface area contributed by atoms with Gasteiger partial charge in [0.1, 0.15) is 12.1 Å². The van der Waals surface area contributed by atoms with Crippen LogP contribution in [0.15, 0.2) is 78.2 Å². The van der Waals surface area contributed by atoms with Crippen molar-refractivity contribution >= 4 is 52.4 Å². The van der Waals surface area contributed by atoms with Crippen LogP contribution in [0.3, 0.4) is 0 Å². The Balaban J connectivity index is 1.36. The Labute approximate surface area is 218 Å². The van der Waals surface area contributed by atoms with Gasteiger partial charge in [-0.3, -0.25) is 5.43 Å². The molecule has 3 aromatic carbocycles. The summed E-state index contributed by atoms with van der Waals surface area (Å²) in [5, 5.41) is 12.4. The molecule has 7 nitrogen and oxygen atoms in total. The van der Waals surface area contributed by atoms with E-state index in [2.05, 4.69) is 30.7 Å². The van der Waals surface area contributed by atoms with Crippen molar-refractivity contribution in [3.05, 3.63) is 88.7 Å². The Morgan fingerprint density at radius 2 is 1.67 bits per heavy atom. The Morgan fingerprint density at radius 3 is 2.31 bits per heavy atom. The van der Waals surface area contributed by atoms with Crippen LogP contribution >= 0.6 is 35.4 Å². The van der Waals surface area contributed by atoms with Crippen LogP contribution in [0.4, 0.5) is 18.9 Å². The van der Waals surface area contributed by atoms with E-state index in [1.807, 2.05) is 12.1 Å². The van der Waals surface area contributed by atoms with E-state index in [0.29, 0.717) is 27.2 Å². The number of hydrogen-bond acceptors (Lipinski definition) is 5. The normalized spacial score (nSPS) is 11.5. The summed E-state index contributed by atoms with van der Waals surface area (Å²) in [4.78, 5) is 4.26. The van der Waals surface area contributed by atoms with Crippen molar-refractivity contribution in [1.82, 2.24) is 20.2 Å². The van der Waals surface area contributed by atoms with Crippen molar-refractivity contribution < 1.29 is 17.9 Å². The van der Waals surface area contributed by atoms with Gasteiger partial charge >= 0.3 is 6.36 Å². The van der Waals surface area contributed by atoms with Crippen LogP contribution < -0.4 is 15.5 Å². The molecular weight excluding hydrogens is 536 g/mol. The molecule has 0 atom stereocenters. The SMILES string of the molecule is FC(F)(F)Oc1ccc(-n2cnc(-c3ccc(C=NNC(=S)Nc4c(Cl)cccc4Cl)cc3)n2)cc1. The zero-order chi connectivity index (χ0) is 25.7.